The molecule has 2 aromatic rings. The van der Waals surface area contributed by atoms with Crippen molar-refractivity contribution < 1.29 is 4.74 Å². The highest BCUT2D eigenvalue weighted by Crippen LogP contribution is 2.18. The number of hydrogen-bond donors (Lipinski definition) is 1. The SMILES string of the molecule is COc1cccc(C(C)NCCc2ccsc2)c1. The van der Waals surface area contributed by atoms with E-state index >= 15 is 0 Å². The van der Waals surface area contributed by atoms with Gasteiger partial charge in [-0.05, 0) is 60.0 Å². The van der Waals surface area contributed by atoms with Crippen LogP contribution in [0.5, 0.6) is 5.75 Å². The average Bonchev–Trinajstić information content (AvgIpc) is 2.92. The van der Waals surface area contributed by atoms with E-state index < -0.39 is 0 Å². The number of methoxy groups -OCH3 is 1. The van der Waals surface area contributed by atoms with E-state index in [9.17, 15) is 0 Å². The number of nitrogens with one attached hydrogen (secondary N) is 1. The van der Waals surface area contributed by atoms with Gasteiger partial charge in [0.25, 0.3) is 0 Å². The molecule has 0 saturated heterocycles. The van der Waals surface area contributed by atoms with Gasteiger partial charge in [0.2, 0.25) is 0 Å². The van der Waals surface area contributed by atoms with Crippen LogP contribution in [0.15, 0.2) is 41.1 Å². The highest BCUT2D eigenvalue weighted by Gasteiger charge is 2.05. The maximum atomic E-state index is 5.24. The van der Waals surface area contributed by atoms with Crippen LogP contribution in [0.1, 0.15) is 24.1 Å². The number of rotatable bonds is 6. The molecule has 0 amide bonds. The Kier molecular flexibility index (Phi) is 4.79. The van der Waals surface area contributed by atoms with Gasteiger partial charge < -0.3 is 10.1 Å². The van der Waals surface area contributed by atoms with Gasteiger partial charge in [-0.25, -0.2) is 0 Å². The number of hydrogen-bond acceptors (Lipinski definition) is 3. The van der Waals surface area contributed by atoms with Crippen molar-refractivity contribution in [2.75, 3.05) is 13.7 Å². The van der Waals surface area contributed by atoms with Gasteiger partial charge in [-0.15, -0.1) is 0 Å². The third kappa shape index (κ3) is 3.59. The first-order valence-electron chi connectivity index (χ1n) is 6.18. The van der Waals surface area contributed by atoms with E-state index in [4.69, 9.17) is 4.74 Å². The molecule has 0 saturated carbocycles. The minimum Gasteiger partial charge on any atom is -0.497 e. The van der Waals surface area contributed by atoms with Gasteiger partial charge in [-0.1, -0.05) is 12.1 Å². The molecular weight excluding hydrogens is 242 g/mol. The van der Waals surface area contributed by atoms with E-state index in [0.29, 0.717) is 6.04 Å². The van der Waals surface area contributed by atoms with Crippen LogP contribution >= 0.6 is 11.3 Å². The number of benzene rings is 1. The van der Waals surface area contributed by atoms with Gasteiger partial charge in [0.05, 0.1) is 7.11 Å². The quantitative estimate of drug-likeness (QED) is 0.857. The van der Waals surface area contributed by atoms with Crippen molar-refractivity contribution in [1.82, 2.24) is 5.32 Å². The van der Waals surface area contributed by atoms with Gasteiger partial charge in [-0.3, -0.25) is 0 Å². The lowest BCUT2D eigenvalue weighted by Gasteiger charge is -2.14. The van der Waals surface area contributed by atoms with E-state index in [1.54, 1.807) is 18.4 Å². The predicted molar refractivity (Wildman–Crippen MR) is 77.4 cm³/mol. The maximum Gasteiger partial charge on any atom is 0.119 e. The summed E-state index contributed by atoms with van der Waals surface area (Å²) in [6.45, 7) is 3.18. The monoisotopic (exact) mass is 261 g/mol. The molecule has 0 radical (unpaired) electrons. The molecule has 1 aromatic carbocycles. The van der Waals surface area contributed by atoms with E-state index in [1.165, 1.54) is 11.1 Å². The van der Waals surface area contributed by atoms with Crippen molar-refractivity contribution in [3.63, 3.8) is 0 Å². The molecule has 1 atom stereocenters. The molecule has 3 heteroatoms. The van der Waals surface area contributed by atoms with Crippen LogP contribution in [0.2, 0.25) is 0 Å². The summed E-state index contributed by atoms with van der Waals surface area (Å²) < 4.78 is 5.24. The van der Waals surface area contributed by atoms with E-state index in [2.05, 4.69) is 41.2 Å². The molecule has 0 bridgehead atoms. The van der Waals surface area contributed by atoms with Crippen LogP contribution in [-0.4, -0.2) is 13.7 Å². The van der Waals surface area contributed by atoms with Crippen molar-refractivity contribution in [1.29, 1.82) is 0 Å². The van der Waals surface area contributed by atoms with Crippen LogP contribution in [0.25, 0.3) is 0 Å². The van der Waals surface area contributed by atoms with Crippen LogP contribution in [0.4, 0.5) is 0 Å². The van der Waals surface area contributed by atoms with Gasteiger partial charge >= 0.3 is 0 Å². The fraction of sp³-hybridized carbons (Fsp3) is 0.333. The summed E-state index contributed by atoms with van der Waals surface area (Å²) in [5, 5.41) is 7.87. The minimum absolute atomic E-state index is 0.346. The lowest BCUT2D eigenvalue weighted by Crippen LogP contribution is -2.21. The van der Waals surface area contributed by atoms with Crippen molar-refractivity contribution in [2.45, 2.75) is 19.4 Å². The van der Waals surface area contributed by atoms with E-state index in [1.807, 2.05) is 12.1 Å². The largest absolute Gasteiger partial charge is 0.497 e. The second kappa shape index (κ2) is 6.57. The molecule has 2 rings (SSSR count). The lowest BCUT2D eigenvalue weighted by atomic mass is 10.1. The summed E-state index contributed by atoms with van der Waals surface area (Å²) in [5.74, 6) is 0.916. The van der Waals surface area contributed by atoms with E-state index in [-0.39, 0.29) is 0 Å². The third-order valence-electron chi connectivity index (χ3n) is 3.04. The molecule has 96 valence electrons. The first kappa shape index (κ1) is 13.1. The lowest BCUT2D eigenvalue weighted by molar-refractivity contribution is 0.413. The summed E-state index contributed by atoms with van der Waals surface area (Å²) in [7, 11) is 1.70. The smallest absolute Gasteiger partial charge is 0.119 e. The standard InChI is InChI=1S/C15H19NOS/c1-12(14-4-3-5-15(10-14)17-2)16-8-6-13-7-9-18-11-13/h3-5,7,9-12,16H,6,8H2,1-2H3. The Bertz CT molecular complexity index is 467. The first-order chi connectivity index (χ1) is 8.79. The van der Waals surface area contributed by atoms with Crippen LogP contribution < -0.4 is 10.1 Å². The molecule has 0 aliphatic carbocycles. The van der Waals surface area contributed by atoms with Gasteiger partial charge in [0.15, 0.2) is 0 Å². The third-order valence-corrected chi connectivity index (χ3v) is 3.77. The van der Waals surface area contributed by atoms with Crippen LogP contribution in [-0.2, 0) is 6.42 Å². The Hall–Kier alpha value is -1.32. The molecule has 0 aliphatic heterocycles. The Labute approximate surface area is 113 Å². The summed E-state index contributed by atoms with van der Waals surface area (Å²) in [6.07, 6.45) is 1.08. The van der Waals surface area contributed by atoms with Crippen molar-refractivity contribution in [3.05, 3.63) is 52.2 Å². The highest BCUT2D eigenvalue weighted by molar-refractivity contribution is 7.07. The zero-order chi connectivity index (χ0) is 12.8. The zero-order valence-electron chi connectivity index (χ0n) is 10.8. The van der Waals surface area contributed by atoms with Gasteiger partial charge in [0, 0.05) is 6.04 Å². The molecule has 0 spiro atoms. The van der Waals surface area contributed by atoms with Gasteiger partial charge in [0.1, 0.15) is 5.75 Å². The molecule has 1 N–H and O–H groups in total. The fourth-order valence-corrected chi connectivity index (χ4v) is 2.60. The molecule has 1 unspecified atom stereocenters. The molecule has 0 fully saturated rings. The second-order valence-electron chi connectivity index (χ2n) is 4.33. The summed E-state index contributed by atoms with van der Waals surface area (Å²) >= 11 is 1.76. The normalized spacial score (nSPS) is 12.3. The van der Waals surface area contributed by atoms with E-state index in [0.717, 1.165) is 18.7 Å². The second-order valence-corrected chi connectivity index (χ2v) is 5.11. The molecule has 0 aliphatic rings. The zero-order valence-corrected chi connectivity index (χ0v) is 11.7. The maximum absolute atomic E-state index is 5.24. The van der Waals surface area contributed by atoms with Crippen LogP contribution in [0, 0.1) is 0 Å². The Morgan fingerprint density at radius 1 is 1.33 bits per heavy atom. The average molecular weight is 261 g/mol. The summed E-state index contributed by atoms with van der Waals surface area (Å²) in [5.41, 5.74) is 2.67. The van der Waals surface area contributed by atoms with Crippen molar-refractivity contribution >= 4 is 11.3 Å². The van der Waals surface area contributed by atoms with Gasteiger partial charge in [-0.2, -0.15) is 11.3 Å². The highest BCUT2D eigenvalue weighted by atomic mass is 32.1. The molecule has 18 heavy (non-hydrogen) atoms. The molecule has 2 nitrogen and oxygen atoms in total. The van der Waals surface area contributed by atoms with Crippen molar-refractivity contribution in [2.24, 2.45) is 0 Å². The Morgan fingerprint density at radius 3 is 2.94 bits per heavy atom. The minimum atomic E-state index is 0.346. The fourth-order valence-electron chi connectivity index (χ4n) is 1.90. The topological polar surface area (TPSA) is 21.3 Å². The Balaban J connectivity index is 1.85. The summed E-state index contributed by atoms with van der Waals surface area (Å²) in [4.78, 5) is 0. The molecule has 1 heterocycles. The molecular formula is C15H19NOS. The first-order valence-corrected chi connectivity index (χ1v) is 7.12. The summed E-state index contributed by atoms with van der Waals surface area (Å²) in [6, 6.07) is 10.8. The number of thiophene rings is 1. The number of ether oxygens (including phenoxy) is 1. The van der Waals surface area contributed by atoms with Crippen LogP contribution in [0.3, 0.4) is 0 Å². The molecule has 1 aromatic heterocycles. The predicted octanol–water partition coefficient (Wildman–Crippen LogP) is 3.65. The van der Waals surface area contributed by atoms with Crippen molar-refractivity contribution in [3.8, 4) is 5.75 Å². The Morgan fingerprint density at radius 2 is 2.22 bits per heavy atom.